The molecular formula is C18H17ClF3N3O3. The lowest BCUT2D eigenvalue weighted by molar-refractivity contribution is -0.154. The molecule has 1 saturated heterocycles. The number of anilines is 1. The molecular weight excluding hydrogens is 399 g/mol. The van der Waals surface area contributed by atoms with Crippen molar-refractivity contribution in [2.24, 2.45) is 0 Å². The van der Waals surface area contributed by atoms with Gasteiger partial charge < -0.3 is 14.4 Å². The van der Waals surface area contributed by atoms with Crippen molar-refractivity contribution in [1.82, 2.24) is 9.97 Å². The summed E-state index contributed by atoms with van der Waals surface area (Å²) in [5.74, 6) is 0.0309. The molecule has 3 heterocycles. The van der Waals surface area contributed by atoms with Gasteiger partial charge in [0, 0.05) is 44.4 Å². The molecule has 1 fully saturated rings. The van der Waals surface area contributed by atoms with Crippen LogP contribution in [0.4, 0.5) is 19.0 Å². The number of nitrogens with zero attached hydrogens (tertiary/aromatic N) is 3. The molecule has 0 bridgehead atoms. The Bertz CT molecular complexity index is 792. The smallest absolute Gasteiger partial charge is 0.422 e. The summed E-state index contributed by atoms with van der Waals surface area (Å²) >= 11 is 5.84. The van der Waals surface area contributed by atoms with Crippen LogP contribution in [-0.4, -0.2) is 47.9 Å². The molecule has 0 N–H and O–H groups in total. The Morgan fingerprint density at radius 3 is 2.46 bits per heavy atom. The summed E-state index contributed by atoms with van der Waals surface area (Å²) in [6.07, 6.45) is -0.710. The van der Waals surface area contributed by atoms with E-state index >= 15 is 0 Å². The molecule has 2 aromatic rings. The largest absolute Gasteiger partial charge is 0.468 e. The summed E-state index contributed by atoms with van der Waals surface area (Å²) in [6.45, 7) is -0.0884. The fraction of sp³-hybridized carbons (Fsp3) is 0.389. The van der Waals surface area contributed by atoms with Crippen LogP contribution in [0.1, 0.15) is 23.2 Å². The third-order valence-electron chi connectivity index (χ3n) is 4.11. The third-order valence-corrected chi connectivity index (χ3v) is 4.33. The highest BCUT2D eigenvalue weighted by Gasteiger charge is 2.29. The molecule has 0 spiro atoms. The minimum absolute atomic E-state index is 0.154. The summed E-state index contributed by atoms with van der Waals surface area (Å²) in [7, 11) is 0. The second-order valence-corrected chi connectivity index (χ2v) is 6.65. The number of alkyl halides is 3. The molecule has 0 saturated carbocycles. The van der Waals surface area contributed by atoms with Crippen molar-refractivity contribution in [3.63, 3.8) is 0 Å². The number of halogens is 4. The van der Waals surface area contributed by atoms with E-state index in [0.717, 1.165) is 12.0 Å². The molecule has 10 heteroatoms. The predicted molar refractivity (Wildman–Crippen MR) is 95.7 cm³/mol. The topological polar surface area (TPSA) is 64.5 Å². The van der Waals surface area contributed by atoms with E-state index < -0.39 is 18.8 Å². The monoisotopic (exact) mass is 415 g/mol. The van der Waals surface area contributed by atoms with Crippen molar-refractivity contribution in [2.75, 3.05) is 24.6 Å². The molecule has 6 nitrogen and oxygen atoms in total. The highest BCUT2D eigenvalue weighted by molar-refractivity contribution is 6.30. The second-order valence-electron chi connectivity index (χ2n) is 6.22. The van der Waals surface area contributed by atoms with Gasteiger partial charge in [-0.05, 0) is 18.2 Å². The van der Waals surface area contributed by atoms with Gasteiger partial charge in [0.1, 0.15) is 11.9 Å². The Balaban J connectivity index is 1.48. The lowest BCUT2D eigenvalue weighted by Gasteiger charge is -2.32. The maximum absolute atomic E-state index is 12.2. The van der Waals surface area contributed by atoms with Crippen molar-refractivity contribution < 1.29 is 27.4 Å². The molecule has 0 atom stereocenters. The predicted octanol–water partition coefficient (Wildman–Crippen LogP) is 3.90. The number of pyridine rings is 2. The van der Waals surface area contributed by atoms with Gasteiger partial charge in [0.05, 0.1) is 10.6 Å². The number of esters is 1. The van der Waals surface area contributed by atoms with Crippen molar-refractivity contribution in [3.8, 4) is 5.88 Å². The number of hydrogen-bond donors (Lipinski definition) is 0. The third kappa shape index (κ3) is 5.72. The van der Waals surface area contributed by atoms with Gasteiger partial charge in [0.2, 0.25) is 5.88 Å². The normalized spacial score (nSPS) is 15.4. The van der Waals surface area contributed by atoms with E-state index in [-0.39, 0.29) is 17.5 Å². The molecule has 3 rings (SSSR count). The van der Waals surface area contributed by atoms with Crippen LogP contribution in [0.25, 0.3) is 0 Å². The van der Waals surface area contributed by atoms with Crippen molar-refractivity contribution in [3.05, 3.63) is 47.2 Å². The number of hydrogen-bond acceptors (Lipinski definition) is 6. The number of carbonyl (C=O) groups excluding carboxylic acids is 1. The minimum Gasteiger partial charge on any atom is -0.468 e. The standard InChI is InChI=1S/C18H17ClF3N3O3/c19-13-2-3-15(23-10-13)25-7-5-14(6-8-25)28-17(26)12-1-4-16(24-9-12)27-11-18(20,21)22/h1-4,9-10,14H,5-8,11H2. The summed E-state index contributed by atoms with van der Waals surface area (Å²) < 4.78 is 46.3. The Kier molecular flexibility index (Phi) is 6.23. The summed E-state index contributed by atoms with van der Waals surface area (Å²) in [4.78, 5) is 22.3. The van der Waals surface area contributed by atoms with Crippen LogP contribution in [0.15, 0.2) is 36.7 Å². The quantitative estimate of drug-likeness (QED) is 0.690. The van der Waals surface area contributed by atoms with Gasteiger partial charge in [-0.1, -0.05) is 11.6 Å². The first-order valence-electron chi connectivity index (χ1n) is 8.53. The van der Waals surface area contributed by atoms with Gasteiger partial charge in [-0.25, -0.2) is 14.8 Å². The molecule has 0 radical (unpaired) electrons. The van der Waals surface area contributed by atoms with E-state index in [1.807, 2.05) is 6.07 Å². The van der Waals surface area contributed by atoms with Crippen LogP contribution in [0.3, 0.4) is 0 Å². The molecule has 2 aromatic heterocycles. The first kappa shape index (κ1) is 20.2. The minimum atomic E-state index is -4.45. The second kappa shape index (κ2) is 8.64. The highest BCUT2D eigenvalue weighted by atomic mass is 35.5. The van der Waals surface area contributed by atoms with Gasteiger partial charge in [0.25, 0.3) is 0 Å². The van der Waals surface area contributed by atoms with Crippen LogP contribution >= 0.6 is 11.6 Å². The number of ether oxygens (including phenoxy) is 2. The van der Waals surface area contributed by atoms with E-state index in [9.17, 15) is 18.0 Å². The van der Waals surface area contributed by atoms with Crippen LogP contribution in [0, 0.1) is 0 Å². The van der Waals surface area contributed by atoms with Crippen LogP contribution in [0.5, 0.6) is 5.88 Å². The summed E-state index contributed by atoms with van der Waals surface area (Å²) in [5, 5.41) is 0.566. The van der Waals surface area contributed by atoms with Crippen LogP contribution < -0.4 is 9.64 Å². The van der Waals surface area contributed by atoms with Gasteiger partial charge in [0.15, 0.2) is 6.61 Å². The average molecular weight is 416 g/mol. The molecule has 28 heavy (non-hydrogen) atoms. The molecule has 0 aliphatic carbocycles. The maximum Gasteiger partial charge on any atom is 0.422 e. The maximum atomic E-state index is 12.2. The van der Waals surface area contributed by atoms with Gasteiger partial charge >= 0.3 is 12.1 Å². The average Bonchev–Trinajstić information content (AvgIpc) is 2.67. The van der Waals surface area contributed by atoms with E-state index in [0.29, 0.717) is 31.0 Å². The lowest BCUT2D eigenvalue weighted by atomic mass is 10.1. The molecule has 150 valence electrons. The zero-order chi connectivity index (χ0) is 20.1. The molecule has 0 amide bonds. The first-order valence-corrected chi connectivity index (χ1v) is 8.91. The van der Waals surface area contributed by atoms with E-state index in [1.54, 1.807) is 12.3 Å². The Morgan fingerprint density at radius 2 is 1.89 bits per heavy atom. The van der Waals surface area contributed by atoms with Crippen molar-refractivity contribution in [1.29, 1.82) is 0 Å². The van der Waals surface area contributed by atoms with Crippen LogP contribution in [-0.2, 0) is 4.74 Å². The molecule has 0 aromatic carbocycles. The van der Waals surface area contributed by atoms with E-state index in [2.05, 4.69) is 19.6 Å². The van der Waals surface area contributed by atoms with Crippen molar-refractivity contribution >= 4 is 23.4 Å². The number of carbonyl (C=O) groups is 1. The molecule has 0 unspecified atom stereocenters. The van der Waals surface area contributed by atoms with E-state index in [1.165, 1.54) is 12.1 Å². The van der Waals surface area contributed by atoms with Crippen molar-refractivity contribution in [2.45, 2.75) is 25.1 Å². The fourth-order valence-electron chi connectivity index (χ4n) is 2.72. The Morgan fingerprint density at radius 1 is 1.14 bits per heavy atom. The lowest BCUT2D eigenvalue weighted by Crippen LogP contribution is -2.38. The van der Waals surface area contributed by atoms with E-state index in [4.69, 9.17) is 16.3 Å². The molecule has 1 aliphatic rings. The van der Waals surface area contributed by atoms with Gasteiger partial charge in [-0.15, -0.1) is 0 Å². The first-order chi connectivity index (χ1) is 13.3. The van der Waals surface area contributed by atoms with Crippen LogP contribution in [0.2, 0.25) is 5.02 Å². The number of aromatic nitrogens is 2. The number of piperidine rings is 1. The zero-order valence-electron chi connectivity index (χ0n) is 14.7. The van der Waals surface area contributed by atoms with Gasteiger partial charge in [-0.2, -0.15) is 13.2 Å². The molecule has 1 aliphatic heterocycles. The number of rotatable bonds is 5. The highest BCUT2D eigenvalue weighted by Crippen LogP contribution is 2.22. The fourth-order valence-corrected chi connectivity index (χ4v) is 2.83. The summed E-state index contributed by atoms with van der Waals surface area (Å²) in [5.41, 5.74) is 0.154. The van der Waals surface area contributed by atoms with Gasteiger partial charge in [-0.3, -0.25) is 0 Å². The zero-order valence-corrected chi connectivity index (χ0v) is 15.4. The summed E-state index contributed by atoms with van der Waals surface area (Å²) in [6, 6.07) is 6.14. The Hall–Kier alpha value is -2.55. The SMILES string of the molecule is O=C(OC1CCN(c2ccc(Cl)cn2)CC1)c1ccc(OCC(F)(F)F)nc1. The Labute approximate surface area is 164 Å².